The fourth-order valence-corrected chi connectivity index (χ4v) is 9.45. The fourth-order valence-electron chi connectivity index (χ4n) is 9.45. The third-order valence-corrected chi connectivity index (χ3v) is 12.4. The molecule has 0 N–H and O–H groups in total. The number of pyridine rings is 2. The number of nitrogens with zero attached hydrogens (tertiary/aromatic N) is 5. The average molecular weight is 806 g/mol. The summed E-state index contributed by atoms with van der Waals surface area (Å²) in [4.78, 5) is 15.0. The summed E-state index contributed by atoms with van der Waals surface area (Å²) in [6.07, 6.45) is 1.93. The molecule has 0 aliphatic rings. The number of oxazole rings is 1. The van der Waals surface area contributed by atoms with Gasteiger partial charge in [-0.15, -0.1) is 0 Å². The highest BCUT2D eigenvalue weighted by atomic mass is 16.3. The Morgan fingerprint density at radius 2 is 0.889 bits per heavy atom. The van der Waals surface area contributed by atoms with Crippen molar-refractivity contribution < 1.29 is 4.42 Å². The zero-order chi connectivity index (χ0) is 41.4. The van der Waals surface area contributed by atoms with E-state index in [2.05, 4.69) is 185 Å². The molecular weight excluding hydrogens is 771 g/mol. The van der Waals surface area contributed by atoms with E-state index in [1.54, 1.807) is 0 Å². The van der Waals surface area contributed by atoms with Gasteiger partial charge in [0, 0.05) is 55.6 Å². The molecule has 0 aliphatic carbocycles. The third-order valence-electron chi connectivity index (χ3n) is 12.4. The molecule has 0 spiro atoms. The van der Waals surface area contributed by atoms with Crippen LogP contribution in [0.1, 0.15) is 0 Å². The Bertz CT molecular complexity index is 3870. The predicted octanol–water partition coefficient (Wildman–Crippen LogP) is 14.6. The Hall–Kier alpha value is -8.61. The molecule has 0 radical (unpaired) electrons. The molecule has 0 fully saturated rings. The van der Waals surface area contributed by atoms with Crippen LogP contribution in [0.2, 0.25) is 0 Å². The summed E-state index contributed by atoms with van der Waals surface area (Å²) < 4.78 is 10.8. The number of para-hydroxylation sites is 6. The molecule has 0 atom stereocenters. The molecule has 0 saturated heterocycles. The van der Waals surface area contributed by atoms with Crippen LogP contribution >= 0.6 is 0 Å². The molecule has 13 aromatic rings. The van der Waals surface area contributed by atoms with Crippen LogP contribution in [-0.2, 0) is 0 Å². The summed E-state index contributed by atoms with van der Waals surface area (Å²) in [6, 6.07) is 72.8. The van der Waals surface area contributed by atoms with Crippen molar-refractivity contribution in [2.45, 2.75) is 0 Å². The first-order valence-electron chi connectivity index (χ1n) is 21.2. The van der Waals surface area contributed by atoms with Crippen molar-refractivity contribution in [2.75, 3.05) is 0 Å². The molecule has 294 valence electrons. The Kier molecular flexibility index (Phi) is 7.80. The second-order valence-electron chi connectivity index (χ2n) is 16.0. The minimum Gasteiger partial charge on any atom is -0.435 e. The van der Waals surface area contributed by atoms with Crippen LogP contribution in [0.3, 0.4) is 0 Å². The van der Waals surface area contributed by atoms with Gasteiger partial charge in [0.1, 0.15) is 11.2 Å². The summed E-state index contributed by atoms with van der Waals surface area (Å²) in [5.41, 5.74) is 16.3. The Morgan fingerprint density at radius 3 is 1.54 bits per heavy atom. The molecule has 0 saturated carbocycles. The number of rotatable bonds is 6. The van der Waals surface area contributed by atoms with Crippen LogP contribution in [0.25, 0.3) is 122 Å². The second kappa shape index (κ2) is 14.0. The van der Waals surface area contributed by atoms with Crippen molar-refractivity contribution in [3.63, 3.8) is 0 Å². The number of hydrogen-bond donors (Lipinski definition) is 0. The first-order chi connectivity index (χ1) is 31.2. The average Bonchev–Trinajstić information content (AvgIpc) is 4.04. The quantitative estimate of drug-likeness (QED) is 0.168. The highest BCUT2D eigenvalue weighted by Crippen LogP contribution is 2.40. The van der Waals surface area contributed by atoms with Gasteiger partial charge in [-0.25, -0.2) is 9.97 Å². The molecular formula is C57H35N5O. The number of hydrogen-bond acceptors (Lipinski definition) is 4. The molecule has 0 aliphatic heterocycles. The summed E-state index contributed by atoms with van der Waals surface area (Å²) in [6.45, 7) is 0. The van der Waals surface area contributed by atoms with E-state index in [0.29, 0.717) is 11.6 Å². The standard InChI is InChI=1S/C57H35N5O/c1-3-13-40(14-4-1)61-52-20-10-7-17-42(52)46-32-37(25-29-54(46)61)36-23-27-48-45(31-36)44(39-24-28-50(58-35-39)57-60-49-19-9-12-22-56(49)63-57)34-51(59-48)38-26-30-55-47(33-38)43-18-8-11-21-53(43)62(55)41-15-5-2-6-16-41/h1-35H. The number of aromatic nitrogens is 5. The second-order valence-corrected chi connectivity index (χ2v) is 16.0. The maximum absolute atomic E-state index is 6.10. The fraction of sp³-hybridized carbons (Fsp3) is 0. The Labute approximate surface area is 361 Å². The van der Waals surface area contributed by atoms with Crippen molar-refractivity contribution in [3.05, 3.63) is 212 Å². The largest absolute Gasteiger partial charge is 0.435 e. The van der Waals surface area contributed by atoms with Gasteiger partial charge in [0.15, 0.2) is 5.58 Å². The summed E-state index contributed by atoms with van der Waals surface area (Å²) in [5.74, 6) is 0.497. The van der Waals surface area contributed by atoms with E-state index in [9.17, 15) is 0 Å². The maximum atomic E-state index is 6.10. The lowest BCUT2D eigenvalue weighted by atomic mass is 9.95. The van der Waals surface area contributed by atoms with E-state index in [1.165, 1.54) is 38.1 Å². The Morgan fingerprint density at radius 1 is 0.349 bits per heavy atom. The van der Waals surface area contributed by atoms with E-state index in [4.69, 9.17) is 19.4 Å². The Balaban J connectivity index is 0.983. The third kappa shape index (κ3) is 5.69. The van der Waals surface area contributed by atoms with Crippen LogP contribution in [-0.4, -0.2) is 24.1 Å². The first kappa shape index (κ1) is 35.2. The van der Waals surface area contributed by atoms with E-state index in [0.717, 1.165) is 72.4 Å². The zero-order valence-corrected chi connectivity index (χ0v) is 33.9. The van der Waals surface area contributed by atoms with Crippen LogP contribution in [0.4, 0.5) is 0 Å². The number of benzene rings is 8. The molecule has 6 heteroatoms. The van der Waals surface area contributed by atoms with E-state index in [1.807, 2.05) is 36.5 Å². The van der Waals surface area contributed by atoms with Gasteiger partial charge in [-0.05, 0) is 114 Å². The summed E-state index contributed by atoms with van der Waals surface area (Å²) in [7, 11) is 0. The smallest absolute Gasteiger partial charge is 0.246 e. The lowest BCUT2D eigenvalue weighted by molar-refractivity contribution is 0.617. The van der Waals surface area contributed by atoms with Crippen molar-refractivity contribution in [1.29, 1.82) is 0 Å². The van der Waals surface area contributed by atoms with E-state index >= 15 is 0 Å². The van der Waals surface area contributed by atoms with Gasteiger partial charge >= 0.3 is 0 Å². The van der Waals surface area contributed by atoms with Gasteiger partial charge < -0.3 is 13.6 Å². The van der Waals surface area contributed by atoms with Crippen molar-refractivity contribution in [2.24, 2.45) is 0 Å². The van der Waals surface area contributed by atoms with Gasteiger partial charge in [0.2, 0.25) is 5.89 Å². The lowest BCUT2D eigenvalue weighted by Gasteiger charge is -2.13. The molecule has 0 unspecified atom stereocenters. The van der Waals surface area contributed by atoms with Crippen molar-refractivity contribution in [3.8, 4) is 56.5 Å². The monoisotopic (exact) mass is 805 g/mol. The minimum absolute atomic E-state index is 0.497. The van der Waals surface area contributed by atoms with Gasteiger partial charge in [-0.2, -0.15) is 0 Å². The van der Waals surface area contributed by atoms with Gasteiger partial charge in [0.25, 0.3) is 0 Å². The molecule has 63 heavy (non-hydrogen) atoms. The highest BCUT2D eigenvalue weighted by Gasteiger charge is 2.18. The lowest BCUT2D eigenvalue weighted by Crippen LogP contribution is -1.94. The highest BCUT2D eigenvalue weighted by molar-refractivity contribution is 6.12. The van der Waals surface area contributed by atoms with Crippen molar-refractivity contribution >= 4 is 65.6 Å². The van der Waals surface area contributed by atoms with Crippen LogP contribution < -0.4 is 0 Å². The van der Waals surface area contributed by atoms with Crippen LogP contribution in [0, 0.1) is 0 Å². The van der Waals surface area contributed by atoms with Crippen molar-refractivity contribution in [1.82, 2.24) is 24.1 Å². The van der Waals surface area contributed by atoms with Gasteiger partial charge in [0.05, 0.1) is 33.3 Å². The molecule has 13 rings (SSSR count). The SMILES string of the molecule is c1ccc(-n2c3ccccc3c3cc(-c4ccc5nc(-c6ccc7c(c6)c6ccccc6n7-c6ccccc6)cc(-c6ccc(-c7nc8ccccc8o7)nc6)c5c4)ccc32)cc1. The normalized spacial score (nSPS) is 11.8. The maximum Gasteiger partial charge on any atom is 0.246 e. The summed E-state index contributed by atoms with van der Waals surface area (Å²) >= 11 is 0. The predicted molar refractivity (Wildman–Crippen MR) is 258 cm³/mol. The molecule has 6 nitrogen and oxygen atoms in total. The van der Waals surface area contributed by atoms with Gasteiger partial charge in [-0.1, -0.05) is 109 Å². The number of fused-ring (bicyclic) bond motifs is 8. The minimum atomic E-state index is 0.497. The molecule has 8 aromatic carbocycles. The van der Waals surface area contributed by atoms with Crippen LogP contribution in [0.5, 0.6) is 0 Å². The zero-order valence-electron chi connectivity index (χ0n) is 33.9. The molecule has 5 heterocycles. The first-order valence-corrected chi connectivity index (χ1v) is 21.2. The molecule has 0 bridgehead atoms. The molecule has 0 amide bonds. The summed E-state index contributed by atoms with van der Waals surface area (Å²) in [5, 5.41) is 5.86. The van der Waals surface area contributed by atoms with E-state index in [-0.39, 0.29) is 0 Å². The van der Waals surface area contributed by atoms with E-state index < -0.39 is 0 Å². The molecule has 5 aromatic heterocycles. The topological polar surface area (TPSA) is 61.7 Å². The van der Waals surface area contributed by atoms with Crippen LogP contribution in [0.15, 0.2) is 217 Å². The van der Waals surface area contributed by atoms with Gasteiger partial charge in [-0.3, -0.25) is 4.98 Å².